The fraction of sp³-hybridized carbons (Fsp3) is 0.571. The summed E-state index contributed by atoms with van der Waals surface area (Å²) in [6.45, 7) is 5.33. The van der Waals surface area contributed by atoms with Gasteiger partial charge in [0.1, 0.15) is 0 Å². The van der Waals surface area contributed by atoms with E-state index < -0.39 is 0 Å². The van der Waals surface area contributed by atoms with Crippen molar-refractivity contribution in [2.45, 2.75) is 33.1 Å². The van der Waals surface area contributed by atoms with Gasteiger partial charge in [0.2, 0.25) is 0 Å². The van der Waals surface area contributed by atoms with Crippen LogP contribution in [-0.2, 0) is 6.42 Å². The second-order valence-corrected chi connectivity index (χ2v) is 5.82. The number of hydrogen-bond acceptors (Lipinski definition) is 1. The fourth-order valence-electron chi connectivity index (χ4n) is 1.87. The van der Waals surface area contributed by atoms with Gasteiger partial charge in [-0.3, -0.25) is 0 Å². The molecule has 0 aliphatic carbocycles. The molecule has 0 fully saturated rings. The molecular formula is C14H22BrN. The zero-order valence-electron chi connectivity index (χ0n) is 10.2. The van der Waals surface area contributed by atoms with E-state index in [0.717, 1.165) is 23.4 Å². The van der Waals surface area contributed by atoms with Crippen LogP contribution in [0.2, 0.25) is 0 Å². The van der Waals surface area contributed by atoms with E-state index in [1.54, 1.807) is 0 Å². The second-order valence-electron chi connectivity index (χ2n) is 4.91. The Kier molecular flexibility index (Phi) is 6.07. The van der Waals surface area contributed by atoms with Crippen molar-refractivity contribution in [2.75, 3.05) is 6.54 Å². The summed E-state index contributed by atoms with van der Waals surface area (Å²) >= 11 is 3.50. The number of hydrogen-bond donors (Lipinski definition) is 1. The highest BCUT2D eigenvalue weighted by atomic mass is 79.9. The molecule has 1 rings (SSSR count). The van der Waals surface area contributed by atoms with Crippen molar-refractivity contribution < 1.29 is 0 Å². The van der Waals surface area contributed by atoms with Gasteiger partial charge in [-0.05, 0) is 48.9 Å². The molecule has 0 aliphatic rings. The standard InChI is InChI=1S/C14H22BrN/c1-11(2)6-7-13(10-16)8-12-4-3-5-14(15)9-12/h3-5,9,11,13H,6-8,10,16H2,1-2H3. The first kappa shape index (κ1) is 13.7. The normalized spacial score (nSPS) is 13.1. The monoisotopic (exact) mass is 283 g/mol. The topological polar surface area (TPSA) is 26.0 Å². The van der Waals surface area contributed by atoms with Crippen LogP contribution in [0.1, 0.15) is 32.3 Å². The molecule has 2 N–H and O–H groups in total. The van der Waals surface area contributed by atoms with E-state index in [-0.39, 0.29) is 0 Å². The van der Waals surface area contributed by atoms with E-state index in [0.29, 0.717) is 5.92 Å². The average Bonchev–Trinajstić information content (AvgIpc) is 2.24. The van der Waals surface area contributed by atoms with E-state index in [9.17, 15) is 0 Å². The summed E-state index contributed by atoms with van der Waals surface area (Å²) in [6.07, 6.45) is 3.61. The van der Waals surface area contributed by atoms with E-state index in [2.05, 4.69) is 54.0 Å². The number of rotatable bonds is 6. The molecule has 1 nitrogen and oxygen atoms in total. The van der Waals surface area contributed by atoms with Gasteiger partial charge in [-0.15, -0.1) is 0 Å². The van der Waals surface area contributed by atoms with E-state index in [1.807, 2.05) is 0 Å². The summed E-state index contributed by atoms with van der Waals surface area (Å²) in [7, 11) is 0. The van der Waals surface area contributed by atoms with Gasteiger partial charge >= 0.3 is 0 Å². The van der Waals surface area contributed by atoms with Gasteiger partial charge in [-0.25, -0.2) is 0 Å². The quantitative estimate of drug-likeness (QED) is 0.839. The van der Waals surface area contributed by atoms with Crippen LogP contribution < -0.4 is 5.73 Å². The molecule has 1 aromatic rings. The predicted molar refractivity (Wildman–Crippen MR) is 74.5 cm³/mol. The highest BCUT2D eigenvalue weighted by molar-refractivity contribution is 9.10. The van der Waals surface area contributed by atoms with E-state index in [1.165, 1.54) is 18.4 Å². The van der Waals surface area contributed by atoms with E-state index in [4.69, 9.17) is 5.73 Å². The van der Waals surface area contributed by atoms with Crippen molar-refractivity contribution in [1.29, 1.82) is 0 Å². The predicted octanol–water partition coefficient (Wildman–Crippen LogP) is 4.00. The van der Waals surface area contributed by atoms with Crippen LogP contribution in [0.25, 0.3) is 0 Å². The fourth-order valence-corrected chi connectivity index (χ4v) is 2.32. The second kappa shape index (κ2) is 7.08. The maximum Gasteiger partial charge on any atom is 0.0177 e. The third-order valence-corrected chi connectivity index (χ3v) is 3.39. The van der Waals surface area contributed by atoms with Gasteiger partial charge in [0, 0.05) is 4.47 Å². The lowest BCUT2D eigenvalue weighted by Gasteiger charge is -2.16. The van der Waals surface area contributed by atoms with Gasteiger partial charge in [-0.1, -0.05) is 48.3 Å². The largest absolute Gasteiger partial charge is 0.330 e. The number of benzene rings is 1. The zero-order valence-corrected chi connectivity index (χ0v) is 11.8. The van der Waals surface area contributed by atoms with Crippen LogP contribution in [-0.4, -0.2) is 6.54 Å². The molecule has 0 spiro atoms. The van der Waals surface area contributed by atoms with Crippen LogP contribution in [0.4, 0.5) is 0 Å². The maximum atomic E-state index is 5.83. The van der Waals surface area contributed by atoms with Gasteiger partial charge < -0.3 is 5.73 Å². The van der Waals surface area contributed by atoms with E-state index >= 15 is 0 Å². The molecule has 0 radical (unpaired) electrons. The summed E-state index contributed by atoms with van der Waals surface area (Å²) in [5, 5.41) is 0. The van der Waals surface area contributed by atoms with Gasteiger partial charge in [0.05, 0.1) is 0 Å². The Balaban J connectivity index is 2.49. The molecule has 0 bridgehead atoms. The number of nitrogens with two attached hydrogens (primary N) is 1. The van der Waals surface area contributed by atoms with Gasteiger partial charge in [0.25, 0.3) is 0 Å². The molecule has 2 heteroatoms. The molecule has 1 aromatic carbocycles. The van der Waals surface area contributed by atoms with Gasteiger partial charge in [0.15, 0.2) is 0 Å². The van der Waals surface area contributed by atoms with Crippen molar-refractivity contribution in [3.05, 3.63) is 34.3 Å². The van der Waals surface area contributed by atoms with Crippen molar-refractivity contribution in [1.82, 2.24) is 0 Å². The van der Waals surface area contributed by atoms with Crippen LogP contribution in [0, 0.1) is 11.8 Å². The molecule has 0 saturated heterocycles. The minimum absolute atomic E-state index is 0.622. The van der Waals surface area contributed by atoms with Crippen LogP contribution in [0.15, 0.2) is 28.7 Å². The zero-order chi connectivity index (χ0) is 12.0. The molecule has 1 unspecified atom stereocenters. The first-order valence-electron chi connectivity index (χ1n) is 6.06. The lowest BCUT2D eigenvalue weighted by atomic mass is 9.92. The van der Waals surface area contributed by atoms with Crippen LogP contribution in [0.5, 0.6) is 0 Å². The van der Waals surface area contributed by atoms with Crippen LogP contribution >= 0.6 is 15.9 Å². The van der Waals surface area contributed by atoms with Crippen molar-refractivity contribution >= 4 is 15.9 Å². The van der Waals surface area contributed by atoms with Crippen molar-refractivity contribution in [3.8, 4) is 0 Å². The Hall–Kier alpha value is -0.340. The summed E-state index contributed by atoms with van der Waals surface area (Å²) in [6, 6.07) is 8.53. The summed E-state index contributed by atoms with van der Waals surface area (Å²) in [5.74, 6) is 1.40. The molecule has 0 heterocycles. The Morgan fingerprint density at radius 3 is 2.56 bits per heavy atom. The highest BCUT2D eigenvalue weighted by Crippen LogP contribution is 2.19. The third kappa shape index (κ3) is 5.13. The molecule has 16 heavy (non-hydrogen) atoms. The van der Waals surface area contributed by atoms with Crippen molar-refractivity contribution in [3.63, 3.8) is 0 Å². The molecule has 1 atom stereocenters. The molecule has 0 aromatic heterocycles. The summed E-state index contributed by atoms with van der Waals surface area (Å²) in [5.41, 5.74) is 7.22. The Morgan fingerprint density at radius 1 is 1.25 bits per heavy atom. The third-order valence-electron chi connectivity index (χ3n) is 2.90. The maximum absolute atomic E-state index is 5.83. The van der Waals surface area contributed by atoms with Crippen LogP contribution in [0.3, 0.4) is 0 Å². The molecule has 0 saturated carbocycles. The van der Waals surface area contributed by atoms with Gasteiger partial charge in [-0.2, -0.15) is 0 Å². The summed E-state index contributed by atoms with van der Waals surface area (Å²) in [4.78, 5) is 0. The minimum atomic E-state index is 0.622. The SMILES string of the molecule is CC(C)CCC(CN)Cc1cccc(Br)c1. The molecule has 90 valence electrons. The Labute approximate surface area is 108 Å². The summed E-state index contributed by atoms with van der Waals surface area (Å²) < 4.78 is 1.16. The lowest BCUT2D eigenvalue weighted by molar-refractivity contribution is 0.428. The average molecular weight is 284 g/mol. The smallest absolute Gasteiger partial charge is 0.0177 e. The first-order chi connectivity index (χ1) is 7.61. The first-order valence-corrected chi connectivity index (χ1v) is 6.85. The minimum Gasteiger partial charge on any atom is -0.330 e. The Morgan fingerprint density at radius 2 is 2.00 bits per heavy atom. The Bertz CT molecular complexity index is 309. The molecule has 0 amide bonds. The lowest BCUT2D eigenvalue weighted by Crippen LogP contribution is -2.17. The van der Waals surface area contributed by atoms with Crippen molar-refractivity contribution in [2.24, 2.45) is 17.6 Å². The number of halogens is 1. The highest BCUT2D eigenvalue weighted by Gasteiger charge is 2.09. The molecule has 0 aliphatic heterocycles. The molecular weight excluding hydrogens is 262 g/mol.